The largest absolute Gasteiger partial charge is 0.379 e. The summed E-state index contributed by atoms with van der Waals surface area (Å²) < 4.78 is 32.7. The third-order valence-corrected chi connectivity index (χ3v) is 4.82. The highest BCUT2D eigenvalue weighted by Gasteiger charge is 2.28. The molecule has 9 heteroatoms. The van der Waals surface area contributed by atoms with E-state index in [-0.39, 0.29) is 17.9 Å². The van der Waals surface area contributed by atoms with Crippen LogP contribution in [-0.2, 0) is 19.3 Å². The van der Waals surface area contributed by atoms with Gasteiger partial charge in [0.05, 0.1) is 32.2 Å². The molecule has 8 nitrogen and oxygen atoms in total. The molecule has 0 aromatic rings. The Morgan fingerprint density at radius 1 is 1.25 bits per heavy atom. The van der Waals surface area contributed by atoms with Crippen molar-refractivity contribution in [2.24, 2.45) is 4.99 Å². The van der Waals surface area contributed by atoms with Crippen molar-refractivity contribution in [3.05, 3.63) is 0 Å². The lowest BCUT2D eigenvalue weighted by Crippen LogP contribution is -2.56. The van der Waals surface area contributed by atoms with Crippen LogP contribution in [0, 0.1) is 0 Å². The number of guanidine groups is 1. The van der Waals surface area contributed by atoms with Crippen molar-refractivity contribution in [1.82, 2.24) is 15.5 Å². The molecule has 0 aromatic heterocycles. The number of aliphatic imine (C=N–C) groups is 1. The van der Waals surface area contributed by atoms with Crippen molar-refractivity contribution in [2.75, 3.05) is 71.7 Å². The number of rotatable bonds is 9. The molecule has 0 bridgehead atoms. The number of hydrogen-bond acceptors (Lipinski definition) is 6. The minimum Gasteiger partial charge on any atom is -0.379 e. The van der Waals surface area contributed by atoms with Gasteiger partial charge in [0.2, 0.25) is 0 Å². The molecule has 2 N–H and O–H groups in total. The Bertz CT molecular complexity index is 488. The van der Waals surface area contributed by atoms with Crippen LogP contribution in [0.4, 0.5) is 0 Å². The topological polar surface area (TPSA) is 92.3 Å². The molecule has 142 valence electrons. The van der Waals surface area contributed by atoms with Crippen molar-refractivity contribution in [3.63, 3.8) is 0 Å². The molecule has 1 rings (SSSR count). The summed E-state index contributed by atoms with van der Waals surface area (Å²) in [6.45, 7) is 9.83. The van der Waals surface area contributed by atoms with E-state index < -0.39 is 9.84 Å². The SMILES string of the molecule is CN=C(NCCOCCS(C)(=O)=O)NCC(C)(C)N1CCOCC1. The van der Waals surface area contributed by atoms with Crippen LogP contribution in [0.1, 0.15) is 13.8 Å². The van der Waals surface area contributed by atoms with E-state index in [2.05, 4.69) is 34.4 Å². The summed E-state index contributed by atoms with van der Waals surface area (Å²) in [6, 6.07) is 0. The number of ether oxygens (including phenoxy) is 2. The number of nitrogens with zero attached hydrogens (tertiary/aromatic N) is 2. The van der Waals surface area contributed by atoms with Gasteiger partial charge in [-0.25, -0.2) is 8.42 Å². The Hall–Kier alpha value is -0.900. The van der Waals surface area contributed by atoms with E-state index in [4.69, 9.17) is 9.47 Å². The number of morpholine rings is 1. The lowest BCUT2D eigenvalue weighted by Gasteiger charge is -2.41. The zero-order valence-corrected chi connectivity index (χ0v) is 16.1. The highest BCUT2D eigenvalue weighted by molar-refractivity contribution is 7.90. The Morgan fingerprint density at radius 2 is 1.92 bits per heavy atom. The monoisotopic (exact) mass is 364 g/mol. The summed E-state index contributed by atoms with van der Waals surface area (Å²) >= 11 is 0. The van der Waals surface area contributed by atoms with Crippen LogP contribution in [-0.4, -0.2) is 96.5 Å². The van der Waals surface area contributed by atoms with Gasteiger partial charge in [0.1, 0.15) is 9.84 Å². The van der Waals surface area contributed by atoms with E-state index in [1.54, 1.807) is 7.05 Å². The van der Waals surface area contributed by atoms with Crippen LogP contribution in [0.2, 0.25) is 0 Å². The van der Waals surface area contributed by atoms with Crippen LogP contribution >= 0.6 is 0 Å². The molecule has 1 saturated heterocycles. The minimum atomic E-state index is -2.96. The molecule has 1 aliphatic heterocycles. The fraction of sp³-hybridized carbons (Fsp3) is 0.933. The maximum absolute atomic E-state index is 11.0. The second-order valence-electron chi connectivity index (χ2n) is 6.51. The fourth-order valence-corrected chi connectivity index (χ4v) is 2.78. The first-order valence-electron chi connectivity index (χ1n) is 8.27. The van der Waals surface area contributed by atoms with Gasteiger partial charge >= 0.3 is 0 Å². The summed E-state index contributed by atoms with van der Waals surface area (Å²) in [5.74, 6) is 0.760. The fourth-order valence-electron chi connectivity index (χ4n) is 2.36. The van der Waals surface area contributed by atoms with Crippen LogP contribution in [0.5, 0.6) is 0 Å². The molecule has 1 fully saturated rings. The quantitative estimate of drug-likeness (QED) is 0.318. The second kappa shape index (κ2) is 10.2. The van der Waals surface area contributed by atoms with Gasteiger partial charge in [0.25, 0.3) is 0 Å². The molecule has 0 radical (unpaired) electrons. The highest BCUT2D eigenvalue weighted by atomic mass is 32.2. The highest BCUT2D eigenvalue weighted by Crippen LogP contribution is 2.14. The number of hydrogen-bond donors (Lipinski definition) is 2. The smallest absolute Gasteiger partial charge is 0.191 e. The first-order valence-corrected chi connectivity index (χ1v) is 10.3. The standard InChI is InChI=1S/C15H32N4O4S/c1-15(2,19-6-9-23-10-7-19)13-18-14(16-3)17-5-8-22-11-12-24(4,20)21/h5-13H2,1-4H3,(H2,16,17,18). The molecule has 0 aliphatic carbocycles. The summed E-state index contributed by atoms with van der Waals surface area (Å²) in [5.41, 5.74) is 0.00733. The van der Waals surface area contributed by atoms with Crippen molar-refractivity contribution in [2.45, 2.75) is 19.4 Å². The third-order valence-electron chi connectivity index (χ3n) is 3.92. The van der Waals surface area contributed by atoms with Gasteiger partial charge in [-0.2, -0.15) is 0 Å². The number of nitrogens with one attached hydrogen (secondary N) is 2. The maximum atomic E-state index is 11.0. The van der Waals surface area contributed by atoms with Crippen molar-refractivity contribution in [1.29, 1.82) is 0 Å². The van der Waals surface area contributed by atoms with E-state index >= 15 is 0 Å². The van der Waals surface area contributed by atoms with Gasteiger partial charge in [-0.05, 0) is 13.8 Å². The molecule has 1 aliphatic rings. The molecule has 0 aromatic carbocycles. The Balaban J connectivity index is 2.22. The Morgan fingerprint density at radius 3 is 2.50 bits per heavy atom. The predicted molar refractivity (Wildman–Crippen MR) is 96.4 cm³/mol. The average molecular weight is 365 g/mol. The predicted octanol–water partition coefficient (Wildman–Crippen LogP) is -0.677. The lowest BCUT2D eigenvalue weighted by molar-refractivity contribution is -0.00834. The summed E-state index contributed by atoms with van der Waals surface area (Å²) in [7, 11) is -1.24. The van der Waals surface area contributed by atoms with Gasteiger partial charge in [-0.3, -0.25) is 9.89 Å². The van der Waals surface area contributed by atoms with E-state index in [9.17, 15) is 8.42 Å². The maximum Gasteiger partial charge on any atom is 0.191 e. The summed E-state index contributed by atoms with van der Waals surface area (Å²) in [6.07, 6.45) is 1.20. The van der Waals surface area contributed by atoms with E-state index in [0.717, 1.165) is 32.8 Å². The zero-order valence-electron chi connectivity index (χ0n) is 15.3. The minimum absolute atomic E-state index is 0.00733. The third kappa shape index (κ3) is 8.81. The van der Waals surface area contributed by atoms with Crippen molar-refractivity contribution in [3.8, 4) is 0 Å². The van der Waals surface area contributed by atoms with Crippen molar-refractivity contribution >= 4 is 15.8 Å². The Kier molecular flexibility index (Phi) is 8.96. The molecule has 0 unspecified atom stereocenters. The molecular weight excluding hydrogens is 332 g/mol. The van der Waals surface area contributed by atoms with Gasteiger partial charge in [-0.1, -0.05) is 0 Å². The van der Waals surface area contributed by atoms with Gasteiger partial charge in [0, 0.05) is 45.0 Å². The van der Waals surface area contributed by atoms with Crippen LogP contribution in [0.25, 0.3) is 0 Å². The molecule has 0 saturated carbocycles. The zero-order chi connectivity index (χ0) is 18.1. The van der Waals surface area contributed by atoms with E-state index in [1.807, 2.05) is 0 Å². The molecule has 0 amide bonds. The van der Waals surface area contributed by atoms with Crippen LogP contribution < -0.4 is 10.6 Å². The average Bonchev–Trinajstić information content (AvgIpc) is 2.53. The van der Waals surface area contributed by atoms with Gasteiger partial charge in [0.15, 0.2) is 5.96 Å². The van der Waals surface area contributed by atoms with E-state index in [0.29, 0.717) is 19.1 Å². The lowest BCUT2D eigenvalue weighted by atomic mass is 10.0. The van der Waals surface area contributed by atoms with Gasteiger partial charge < -0.3 is 20.1 Å². The molecule has 0 spiro atoms. The summed E-state index contributed by atoms with van der Waals surface area (Å²) in [4.78, 5) is 6.60. The van der Waals surface area contributed by atoms with Crippen molar-refractivity contribution < 1.29 is 17.9 Å². The second-order valence-corrected chi connectivity index (χ2v) is 8.77. The van der Waals surface area contributed by atoms with Crippen LogP contribution in [0.15, 0.2) is 4.99 Å². The molecule has 24 heavy (non-hydrogen) atoms. The normalized spacial score (nSPS) is 17.8. The molecular formula is C15H32N4O4S. The Labute approximate surface area is 145 Å². The number of sulfone groups is 1. The first kappa shape index (κ1) is 21.1. The molecule has 0 atom stereocenters. The molecule has 1 heterocycles. The summed E-state index contributed by atoms with van der Waals surface area (Å²) in [5, 5.41) is 6.49. The van der Waals surface area contributed by atoms with Gasteiger partial charge in [-0.15, -0.1) is 0 Å². The van der Waals surface area contributed by atoms with Crippen LogP contribution in [0.3, 0.4) is 0 Å². The van der Waals surface area contributed by atoms with E-state index in [1.165, 1.54) is 6.26 Å². The first-order chi connectivity index (χ1) is 11.2.